The van der Waals surface area contributed by atoms with Crippen LogP contribution in [0.5, 0.6) is 0 Å². The molecule has 1 N–H and O–H groups in total. The van der Waals surface area contributed by atoms with E-state index in [0.29, 0.717) is 25.3 Å². The fourth-order valence-electron chi connectivity index (χ4n) is 1.61. The van der Waals surface area contributed by atoms with Gasteiger partial charge < -0.3 is 10.1 Å². The van der Waals surface area contributed by atoms with E-state index < -0.39 is 11.7 Å². The molecule has 0 radical (unpaired) electrons. The zero-order valence-corrected chi connectivity index (χ0v) is 11.8. The average molecular weight is 301 g/mol. The summed E-state index contributed by atoms with van der Waals surface area (Å²) in [5.74, 6) is -0.340. The van der Waals surface area contributed by atoms with Gasteiger partial charge in [-0.2, -0.15) is 13.2 Å². The monoisotopic (exact) mass is 301 g/mol. The number of alkyl halides is 3. The average Bonchev–Trinajstić information content (AvgIpc) is 2.37. The number of halogens is 3. The molecule has 1 aromatic carbocycles. The van der Waals surface area contributed by atoms with E-state index in [1.54, 1.807) is 0 Å². The summed E-state index contributed by atoms with van der Waals surface area (Å²) in [7, 11) is 0. The van der Waals surface area contributed by atoms with Gasteiger partial charge in [0.1, 0.15) is 0 Å². The number of nitrogens with one attached hydrogen (secondary N) is 1. The molecule has 1 aromatic rings. The minimum atomic E-state index is -4.40. The molecule has 0 heterocycles. The summed E-state index contributed by atoms with van der Waals surface area (Å²) >= 11 is 0. The number of carbonyl (C=O) groups excluding carboxylic acids is 1. The van der Waals surface area contributed by atoms with E-state index in [2.05, 4.69) is 11.9 Å². The molecule has 1 rings (SSSR count). The normalized spacial score (nSPS) is 11.2. The summed E-state index contributed by atoms with van der Waals surface area (Å²) in [6.07, 6.45) is -4.49. The maximum atomic E-state index is 12.5. The van der Waals surface area contributed by atoms with E-state index in [-0.39, 0.29) is 12.3 Å². The second-order valence-electron chi connectivity index (χ2n) is 4.73. The van der Waals surface area contributed by atoms with Crippen molar-refractivity contribution in [3.63, 3.8) is 0 Å². The van der Waals surface area contributed by atoms with Crippen LogP contribution in [0.25, 0.3) is 0 Å². The molecule has 0 saturated carbocycles. The van der Waals surface area contributed by atoms with Crippen molar-refractivity contribution in [1.82, 2.24) is 5.32 Å². The molecule has 0 aliphatic heterocycles. The lowest BCUT2D eigenvalue weighted by molar-refractivity contribution is -0.137. The van der Waals surface area contributed by atoms with Gasteiger partial charge in [0.15, 0.2) is 0 Å². The number of hydrogen-bond acceptors (Lipinski definition) is 2. The highest BCUT2D eigenvalue weighted by Gasteiger charge is 2.30. The van der Waals surface area contributed by atoms with Gasteiger partial charge >= 0.3 is 6.18 Å². The van der Waals surface area contributed by atoms with Crippen LogP contribution in [0.15, 0.2) is 36.4 Å². The number of ether oxygens (including phenoxy) is 1. The molecular formula is C15H18F3NO2. The molecular weight excluding hydrogens is 283 g/mol. The van der Waals surface area contributed by atoms with Crippen LogP contribution in [0.2, 0.25) is 0 Å². The summed E-state index contributed by atoms with van der Waals surface area (Å²) < 4.78 is 42.8. The lowest BCUT2D eigenvalue weighted by atomic mass is 10.1. The predicted octanol–water partition coefficient (Wildman–Crippen LogP) is 2.96. The fraction of sp³-hybridized carbons (Fsp3) is 0.400. The third-order valence-corrected chi connectivity index (χ3v) is 2.54. The molecule has 6 heteroatoms. The van der Waals surface area contributed by atoms with E-state index in [9.17, 15) is 18.0 Å². The number of benzene rings is 1. The quantitative estimate of drug-likeness (QED) is 0.621. The van der Waals surface area contributed by atoms with Gasteiger partial charge in [0, 0.05) is 6.54 Å². The van der Waals surface area contributed by atoms with Crippen molar-refractivity contribution >= 4 is 5.91 Å². The van der Waals surface area contributed by atoms with Crippen molar-refractivity contribution < 1.29 is 22.7 Å². The molecule has 3 nitrogen and oxygen atoms in total. The second kappa shape index (κ2) is 7.83. The second-order valence-corrected chi connectivity index (χ2v) is 4.73. The molecule has 0 aliphatic rings. The third-order valence-electron chi connectivity index (χ3n) is 2.54. The van der Waals surface area contributed by atoms with Gasteiger partial charge in [-0.1, -0.05) is 30.4 Å². The summed E-state index contributed by atoms with van der Waals surface area (Å²) in [6.45, 7) is 6.56. The first-order valence-corrected chi connectivity index (χ1v) is 6.44. The number of amides is 1. The molecule has 0 aromatic heterocycles. The highest BCUT2D eigenvalue weighted by atomic mass is 19.4. The largest absolute Gasteiger partial charge is 0.416 e. The predicted molar refractivity (Wildman–Crippen MR) is 73.8 cm³/mol. The van der Waals surface area contributed by atoms with Gasteiger partial charge in [-0.3, -0.25) is 4.79 Å². The standard InChI is InChI=1S/C15H18F3NO2/c1-11(2)10-21-7-6-19-14(20)9-12-4-3-5-13(8-12)15(16,17)18/h3-5,8H,1,6-7,9-10H2,2H3,(H,19,20). The fourth-order valence-corrected chi connectivity index (χ4v) is 1.61. The Morgan fingerprint density at radius 1 is 1.38 bits per heavy atom. The Morgan fingerprint density at radius 3 is 2.71 bits per heavy atom. The smallest absolute Gasteiger partial charge is 0.375 e. The highest BCUT2D eigenvalue weighted by molar-refractivity contribution is 5.78. The first kappa shape index (κ1) is 17.2. The molecule has 0 bridgehead atoms. The maximum Gasteiger partial charge on any atom is 0.416 e. The van der Waals surface area contributed by atoms with Crippen LogP contribution in [0.1, 0.15) is 18.1 Å². The van der Waals surface area contributed by atoms with Crippen molar-refractivity contribution in [2.75, 3.05) is 19.8 Å². The summed E-state index contributed by atoms with van der Waals surface area (Å²) in [4.78, 5) is 11.6. The summed E-state index contributed by atoms with van der Waals surface area (Å²) in [5.41, 5.74) is 0.452. The van der Waals surface area contributed by atoms with Crippen LogP contribution in [0, 0.1) is 0 Å². The number of hydrogen-bond donors (Lipinski definition) is 1. The van der Waals surface area contributed by atoms with E-state index in [0.717, 1.165) is 17.7 Å². The first-order valence-electron chi connectivity index (χ1n) is 6.44. The van der Waals surface area contributed by atoms with Crippen molar-refractivity contribution in [2.45, 2.75) is 19.5 Å². The summed E-state index contributed by atoms with van der Waals surface area (Å²) in [6, 6.07) is 4.75. The van der Waals surface area contributed by atoms with Gasteiger partial charge in [0.25, 0.3) is 0 Å². The van der Waals surface area contributed by atoms with Crippen LogP contribution in [-0.2, 0) is 22.1 Å². The molecule has 1 amide bonds. The lowest BCUT2D eigenvalue weighted by Crippen LogP contribution is -2.28. The van der Waals surface area contributed by atoms with Crippen molar-refractivity contribution in [3.8, 4) is 0 Å². The maximum absolute atomic E-state index is 12.5. The van der Waals surface area contributed by atoms with Crippen LogP contribution in [-0.4, -0.2) is 25.7 Å². The van der Waals surface area contributed by atoms with Gasteiger partial charge in [0.2, 0.25) is 5.91 Å². The molecule has 0 spiro atoms. The molecule has 0 atom stereocenters. The Hall–Kier alpha value is -1.82. The zero-order valence-electron chi connectivity index (χ0n) is 11.8. The lowest BCUT2D eigenvalue weighted by Gasteiger charge is -2.09. The van der Waals surface area contributed by atoms with Crippen molar-refractivity contribution in [2.24, 2.45) is 0 Å². The molecule has 116 valence electrons. The topological polar surface area (TPSA) is 38.3 Å². The van der Waals surface area contributed by atoms with Gasteiger partial charge in [0.05, 0.1) is 25.2 Å². The Kier molecular flexibility index (Phi) is 6.42. The molecule has 21 heavy (non-hydrogen) atoms. The Balaban J connectivity index is 2.39. The third kappa shape index (κ3) is 6.94. The molecule has 0 unspecified atom stereocenters. The van der Waals surface area contributed by atoms with Crippen molar-refractivity contribution in [1.29, 1.82) is 0 Å². The summed E-state index contributed by atoms with van der Waals surface area (Å²) in [5, 5.41) is 2.59. The van der Waals surface area contributed by atoms with Gasteiger partial charge in [-0.25, -0.2) is 0 Å². The van der Waals surface area contributed by atoms with Crippen LogP contribution >= 0.6 is 0 Å². The van der Waals surface area contributed by atoms with Crippen LogP contribution in [0.3, 0.4) is 0 Å². The van der Waals surface area contributed by atoms with Crippen molar-refractivity contribution in [3.05, 3.63) is 47.5 Å². The van der Waals surface area contributed by atoms with Crippen LogP contribution in [0.4, 0.5) is 13.2 Å². The van der Waals surface area contributed by atoms with E-state index in [1.807, 2.05) is 6.92 Å². The molecule has 0 saturated heterocycles. The van der Waals surface area contributed by atoms with Gasteiger partial charge in [-0.15, -0.1) is 0 Å². The SMILES string of the molecule is C=C(C)COCCNC(=O)Cc1cccc(C(F)(F)F)c1. The van der Waals surface area contributed by atoms with E-state index in [1.165, 1.54) is 12.1 Å². The Morgan fingerprint density at radius 2 is 2.10 bits per heavy atom. The molecule has 0 fully saturated rings. The number of rotatable bonds is 7. The van der Waals surface area contributed by atoms with Crippen LogP contribution < -0.4 is 5.32 Å². The van der Waals surface area contributed by atoms with E-state index >= 15 is 0 Å². The Bertz CT molecular complexity index is 498. The zero-order chi connectivity index (χ0) is 15.9. The minimum Gasteiger partial charge on any atom is -0.375 e. The minimum absolute atomic E-state index is 0.0929. The van der Waals surface area contributed by atoms with E-state index in [4.69, 9.17) is 4.74 Å². The molecule has 0 aliphatic carbocycles. The Labute approximate surface area is 121 Å². The first-order chi connectivity index (χ1) is 9.79. The highest BCUT2D eigenvalue weighted by Crippen LogP contribution is 2.29. The van der Waals surface area contributed by atoms with Gasteiger partial charge in [-0.05, 0) is 18.6 Å². The number of carbonyl (C=O) groups is 1.